The van der Waals surface area contributed by atoms with Crippen LogP contribution in [0.15, 0.2) is 41.4 Å². The van der Waals surface area contributed by atoms with Crippen LogP contribution < -0.4 is 9.47 Å². The number of aliphatic imine (C=N–C) groups is 1. The SMILES string of the molecule is COc1ccc(C=Nc2ccc(I)cc2C)cc1OC. The Bertz CT molecular complexity index is 638. The van der Waals surface area contributed by atoms with E-state index in [1.165, 1.54) is 3.57 Å². The zero-order chi connectivity index (χ0) is 14.5. The van der Waals surface area contributed by atoms with Crippen LogP contribution in [-0.2, 0) is 0 Å². The lowest BCUT2D eigenvalue weighted by molar-refractivity contribution is 0.355. The number of rotatable bonds is 4. The standard InChI is InChI=1S/C16H16INO2/c1-11-8-13(17)5-6-14(11)18-10-12-4-7-15(19-2)16(9-12)20-3/h4-10H,1-3H3. The fraction of sp³-hybridized carbons (Fsp3) is 0.188. The molecule has 0 aromatic heterocycles. The first-order valence-corrected chi connectivity index (χ1v) is 7.24. The Morgan fingerprint density at radius 1 is 1.00 bits per heavy atom. The van der Waals surface area contributed by atoms with Gasteiger partial charge in [-0.1, -0.05) is 0 Å². The first-order chi connectivity index (χ1) is 9.63. The third-order valence-corrected chi connectivity index (χ3v) is 3.59. The number of methoxy groups -OCH3 is 2. The van der Waals surface area contributed by atoms with E-state index in [1.807, 2.05) is 30.5 Å². The highest BCUT2D eigenvalue weighted by Gasteiger charge is 2.03. The van der Waals surface area contributed by atoms with E-state index in [1.54, 1.807) is 14.2 Å². The molecule has 20 heavy (non-hydrogen) atoms. The topological polar surface area (TPSA) is 30.8 Å². The van der Waals surface area contributed by atoms with E-state index >= 15 is 0 Å². The third kappa shape index (κ3) is 3.50. The Kier molecular flexibility index (Phi) is 5.00. The smallest absolute Gasteiger partial charge is 0.161 e. The number of aryl methyl sites for hydroxylation is 1. The summed E-state index contributed by atoms with van der Waals surface area (Å²) in [5, 5.41) is 0. The maximum absolute atomic E-state index is 5.28. The van der Waals surface area contributed by atoms with Crippen molar-refractivity contribution in [3.05, 3.63) is 51.1 Å². The summed E-state index contributed by atoms with van der Waals surface area (Å²) in [6.45, 7) is 2.06. The van der Waals surface area contributed by atoms with E-state index in [4.69, 9.17) is 9.47 Å². The summed E-state index contributed by atoms with van der Waals surface area (Å²) in [5.41, 5.74) is 3.11. The molecule has 4 heteroatoms. The molecule has 0 N–H and O–H groups in total. The first-order valence-electron chi connectivity index (χ1n) is 6.16. The number of nitrogens with zero attached hydrogens (tertiary/aromatic N) is 1. The maximum atomic E-state index is 5.28. The van der Waals surface area contributed by atoms with Gasteiger partial charge in [0.15, 0.2) is 11.5 Å². The Balaban J connectivity index is 2.27. The monoisotopic (exact) mass is 381 g/mol. The highest BCUT2D eigenvalue weighted by Crippen LogP contribution is 2.27. The van der Waals surface area contributed by atoms with Crippen molar-refractivity contribution in [2.24, 2.45) is 4.99 Å². The Morgan fingerprint density at radius 2 is 1.75 bits per heavy atom. The molecule has 0 radical (unpaired) electrons. The second kappa shape index (κ2) is 6.74. The minimum absolute atomic E-state index is 0.704. The maximum Gasteiger partial charge on any atom is 0.161 e. The molecule has 3 nitrogen and oxygen atoms in total. The molecule has 0 spiro atoms. The molecular formula is C16H16INO2. The van der Waals surface area contributed by atoms with Crippen LogP contribution in [0, 0.1) is 10.5 Å². The molecule has 0 aliphatic rings. The first kappa shape index (κ1) is 14.8. The van der Waals surface area contributed by atoms with Gasteiger partial charge in [-0.3, -0.25) is 4.99 Å². The zero-order valence-corrected chi connectivity index (χ0v) is 13.8. The number of halogens is 1. The summed E-state index contributed by atoms with van der Waals surface area (Å²) >= 11 is 2.30. The van der Waals surface area contributed by atoms with Crippen LogP contribution in [0.3, 0.4) is 0 Å². The lowest BCUT2D eigenvalue weighted by Gasteiger charge is -2.07. The van der Waals surface area contributed by atoms with Crippen molar-refractivity contribution in [2.75, 3.05) is 14.2 Å². The molecule has 0 aliphatic heterocycles. The summed E-state index contributed by atoms with van der Waals surface area (Å²) in [6, 6.07) is 11.9. The fourth-order valence-electron chi connectivity index (χ4n) is 1.84. The molecule has 0 bridgehead atoms. The summed E-state index contributed by atoms with van der Waals surface area (Å²) in [6.07, 6.45) is 1.83. The summed E-state index contributed by atoms with van der Waals surface area (Å²) < 4.78 is 11.7. The van der Waals surface area contributed by atoms with E-state index in [2.05, 4.69) is 46.6 Å². The largest absolute Gasteiger partial charge is 0.493 e. The molecule has 0 unspecified atom stereocenters. The predicted octanol–water partition coefficient (Wildman–Crippen LogP) is 4.37. The summed E-state index contributed by atoms with van der Waals surface area (Å²) in [7, 11) is 3.25. The minimum Gasteiger partial charge on any atom is -0.493 e. The molecular weight excluding hydrogens is 365 g/mol. The molecule has 0 heterocycles. The van der Waals surface area contributed by atoms with E-state index in [0.29, 0.717) is 5.75 Å². The van der Waals surface area contributed by atoms with Crippen LogP contribution in [-0.4, -0.2) is 20.4 Å². The average Bonchev–Trinajstić information content (AvgIpc) is 2.46. The highest BCUT2D eigenvalue weighted by molar-refractivity contribution is 14.1. The Morgan fingerprint density at radius 3 is 2.40 bits per heavy atom. The second-order valence-electron chi connectivity index (χ2n) is 4.30. The Hall–Kier alpha value is -1.56. The van der Waals surface area contributed by atoms with E-state index in [-0.39, 0.29) is 0 Å². The lowest BCUT2D eigenvalue weighted by Crippen LogP contribution is -1.92. The molecule has 2 aromatic rings. The number of hydrogen-bond acceptors (Lipinski definition) is 3. The summed E-state index contributed by atoms with van der Waals surface area (Å²) in [5.74, 6) is 1.42. The molecule has 0 amide bonds. The van der Waals surface area contributed by atoms with Gasteiger partial charge >= 0.3 is 0 Å². The molecule has 0 atom stereocenters. The van der Waals surface area contributed by atoms with Gasteiger partial charge in [0.2, 0.25) is 0 Å². The molecule has 104 valence electrons. The van der Waals surface area contributed by atoms with Crippen LogP contribution in [0.1, 0.15) is 11.1 Å². The van der Waals surface area contributed by atoms with Crippen molar-refractivity contribution in [2.45, 2.75) is 6.92 Å². The van der Waals surface area contributed by atoms with Gasteiger partial charge in [0.1, 0.15) is 0 Å². The predicted molar refractivity (Wildman–Crippen MR) is 90.7 cm³/mol. The molecule has 0 fully saturated rings. The van der Waals surface area contributed by atoms with Crippen molar-refractivity contribution < 1.29 is 9.47 Å². The van der Waals surface area contributed by atoms with Gasteiger partial charge in [-0.05, 0) is 77.0 Å². The van der Waals surface area contributed by atoms with Gasteiger partial charge in [-0.25, -0.2) is 0 Å². The van der Waals surface area contributed by atoms with Crippen LogP contribution in [0.5, 0.6) is 11.5 Å². The Labute approximate surface area is 132 Å². The van der Waals surface area contributed by atoms with Crippen molar-refractivity contribution >= 4 is 34.5 Å². The lowest BCUT2D eigenvalue weighted by atomic mass is 10.2. The molecule has 2 rings (SSSR count). The van der Waals surface area contributed by atoms with Crippen LogP contribution in [0.2, 0.25) is 0 Å². The average molecular weight is 381 g/mol. The van der Waals surface area contributed by atoms with Crippen molar-refractivity contribution in [3.8, 4) is 11.5 Å². The van der Waals surface area contributed by atoms with Gasteiger partial charge in [0.25, 0.3) is 0 Å². The quantitative estimate of drug-likeness (QED) is 0.582. The number of benzene rings is 2. The van der Waals surface area contributed by atoms with Crippen LogP contribution in [0.25, 0.3) is 0 Å². The highest BCUT2D eigenvalue weighted by atomic mass is 127. The number of hydrogen-bond donors (Lipinski definition) is 0. The molecule has 2 aromatic carbocycles. The summed E-state index contributed by atoms with van der Waals surface area (Å²) in [4.78, 5) is 4.52. The van der Waals surface area contributed by atoms with Crippen LogP contribution in [0.4, 0.5) is 5.69 Å². The van der Waals surface area contributed by atoms with E-state index in [9.17, 15) is 0 Å². The fourth-order valence-corrected chi connectivity index (χ4v) is 2.49. The molecule has 0 aliphatic carbocycles. The van der Waals surface area contributed by atoms with Crippen molar-refractivity contribution in [3.63, 3.8) is 0 Å². The zero-order valence-electron chi connectivity index (χ0n) is 11.7. The van der Waals surface area contributed by atoms with Gasteiger partial charge in [-0.15, -0.1) is 0 Å². The molecule has 0 saturated heterocycles. The minimum atomic E-state index is 0.704. The normalized spacial score (nSPS) is 10.8. The van der Waals surface area contributed by atoms with Crippen molar-refractivity contribution in [1.29, 1.82) is 0 Å². The van der Waals surface area contributed by atoms with Gasteiger partial charge < -0.3 is 9.47 Å². The number of ether oxygens (including phenoxy) is 2. The van der Waals surface area contributed by atoms with Gasteiger partial charge in [0.05, 0.1) is 19.9 Å². The second-order valence-corrected chi connectivity index (χ2v) is 5.55. The van der Waals surface area contributed by atoms with E-state index < -0.39 is 0 Å². The van der Waals surface area contributed by atoms with Gasteiger partial charge in [0, 0.05) is 9.78 Å². The third-order valence-electron chi connectivity index (χ3n) is 2.92. The molecule has 0 saturated carbocycles. The van der Waals surface area contributed by atoms with E-state index in [0.717, 1.165) is 22.6 Å². The van der Waals surface area contributed by atoms with Crippen LogP contribution >= 0.6 is 22.6 Å². The van der Waals surface area contributed by atoms with Gasteiger partial charge in [-0.2, -0.15) is 0 Å². The van der Waals surface area contributed by atoms with Crippen molar-refractivity contribution in [1.82, 2.24) is 0 Å².